The summed E-state index contributed by atoms with van der Waals surface area (Å²) in [6.07, 6.45) is 0.833. The van der Waals surface area contributed by atoms with E-state index in [1.165, 1.54) is 11.4 Å². The zero-order chi connectivity index (χ0) is 14.0. The summed E-state index contributed by atoms with van der Waals surface area (Å²) in [6, 6.07) is 0. The Hall–Kier alpha value is -1.07. The molecule has 2 rings (SSSR count). The molecule has 0 aromatic carbocycles. The molecule has 1 aliphatic rings. The highest BCUT2D eigenvalue weighted by molar-refractivity contribution is 5.51. The smallest absolute Gasteiger partial charge is 0.131 e. The minimum absolute atomic E-state index is 0.225. The van der Waals surface area contributed by atoms with Gasteiger partial charge in [-0.1, -0.05) is 6.92 Å². The van der Waals surface area contributed by atoms with Gasteiger partial charge in [-0.25, -0.2) is 0 Å². The van der Waals surface area contributed by atoms with Gasteiger partial charge in [0.25, 0.3) is 0 Å². The molecule has 0 aliphatic carbocycles. The fourth-order valence-electron chi connectivity index (χ4n) is 2.92. The molecule has 0 amide bonds. The van der Waals surface area contributed by atoms with E-state index in [2.05, 4.69) is 29.2 Å². The maximum Gasteiger partial charge on any atom is 0.131 e. The van der Waals surface area contributed by atoms with Gasteiger partial charge in [0.2, 0.25) is 0 Å². The summed E-state index contributed by atoms with van der Waals surface area (Å²) in [4.78, 5) is 2.37. The summed E-state index contributed by atoms with van der Waals surface area (Å²) in [5, 5.41) is 17.7. The summed E-state index contributed by atoms with van der Waals surface area (Å²) < 4.78 is 1.98. The number of aliphatic hydroxyl groups is 1. The minimum atomic E-state index is -0.225. The van der Waals surface area contributed by atoms with Crippen molar-refractivity contribution in [2.24, 2.45) is 13.0 Å². The Bertz CT molecular complexity index is 427. The molecule has 2 N–H and O–H groups in total. The van der Waals surface area contributed by atoms with Gasteiger partial charge in [-0.15, -0.1) is 0 Å². The van der Waals surface area contributed by atoms with E-state index in [-0.39, 0.29) is 6.10 Å². The van der Waals surface area contributed by atoms with E-state index in [0.29, 0.717) is 5.92 Å². The van der Waals surface area contributed by atoms with Crippen LogP contribution in [0.15, 0.2) is 0 Å². The lowest BCUT2D eigenvalue weighted by molar-refractivity contribution is 0.136. The normalized spacial score (nSPS) is 21.1. The molecule has 2 atom stereocenters. The van der Waals surface area contributed by atoms with Crippen LogP contribution in [-0.2, 0) is 13.6 Å². The van der Waals surface area contributed by atoms with Gasteiger partial charge in [-0.3, -0.25) is 4.68 Å². The van der Waals surface area contributed by atoms with Gasteiger partial charge >= 0.3 is 0 Å². The second-order valence-electron chi connectivity index (χ2n) is 5.53. The van der Waals surface area contributed by atoms with Gasteiger partial charge in [0.15, 0.2) is 0 Å². The summed E-state index contributed by atoms with van der Waals surface area (Å²) in [5.74, 6) is 1.59. The van der Waals surface area contributed by atoms with Crippen LogP contribution in [0, 0.1) is 12.8 Å². The zero-order valence-corrected chi connectivity index (χ0v) is 12.5. The van der Waals surface area contributed by atoms with Crippen molar-refractivity contribution in [2.45, 2.75) is 39.8 Å². The molecule has 0 bridgehead atoms. The molecule has 19 heavy (non-hydrogen) atoms. The second-order valence-corrected chi connectivity index (χ2v) is 5.53. The van der Waals surface area contributed by atoms with Crippen LogP contribution in [0.2, 0.25) is 0 Å². The topological polar surface area (TPSA) is 53.3 Å². The lowest BCUT2D eigenvalue weighted by Gasteiger charge is -2.21. The third kappa shape index (κ3) is 2.92. The predicted octanol–water partition coefficient (Wildman–Crippen LogP) is 1.05. The molecule has 1 aromatic heterocycles. The fraction of sp³-hybridized carbons (Fsp3) is 0.786. The average molecular weight is 266 g/mol. The van der Waals surface area contributed by atoms with Crippen LogP contribution in [0.5, 0.6) is 0 Å². The van der Waals surface area contributed by atoms with E-state index in [0.717, 1.165) is 38.3 Å². The Balaban J connectivity index is 2.19. The van der Waals surface area contributed by atoms with Crippen molar-refractivity contribution in [3.8, 4) is 0 Å². The maximum absolute atomic E-state index is 9.74. The van der Waals surface area contributed by atoms with Crippen molar-refractivity contribution in [3.63, 3.8) is 0 Å². The molecule has 2 unspecified atom stereocenters. The first-order valence-corrected chi connectivity index (χ1v) is 7.20. The van der Waals surface area contributed by atoms with Crippen LogP contribution in [0.4, 0.5) is 5.82 Å². The molecular weight excluding hydrogens is 240 g/mol. The molecule has 1 aromatic rings. The first kappa shape index (κ1) is 14.3. The second kappa shape index (κ2) is 5.92. The third-order valence-corrected chi connectivity index (χ3v) is 4.07. The number of nitrogens with one attached hydrogen (secondary N) is 1. The average Bonchev–Trinajstić information content (AvgIpc) is 2.91. The van der Waals surface area contributed by atoms with Crippen LogP contribution >= 0.6 is 0 Å². The van der Waals surface area contributed by atoms with Crippen LogP contribution < -0.4 is 10.2 Å². The molecule has 0 radical (unpaired) electrons. The highest BCUT2D eigenvalue weighted by Gasteiger charge is 2.29. The molecule has 1 fully saturated rings. The molecule has 0 spiro atoms. The van der Waals surface area contributed by atoms with Crippen LogP contribution in [-0.4, -0.2) is 40.6 Å². The molecule has 1 aliphatic heterocycles. The van der Waals surface area contributed by atoms with Gasteiger partial charge in [0, 0.05) is 38.2 Å². The van der Waals surface area contributed by atoms with Crippen LogP contribution in [0.1, 0.15) is 31.5 Å². The number of aliphatic hydroxyl groups excluding tert-OH is 1. The van der Waals surface area contributed by atoms with Gasteiger partial charge in [0.05, 0.1) is 11.8 Å². The Morgan fingerprint density at radius 3 is 2.84 bits per heavy atom. The molecule has 108 valence electrons. The van der Waals surface area contributed by atoms with Crippen molar-refractivity contribution in [3.05, 3.63) is 11.3 Å². The van der Waals surface area contributed by atoms with Gasteiger partial charge in [-0.05, 0) is 26.8 Å². The Morgan fingerprint density at radius 1 is 1.53 bits per heavy atom. The molecule has 2 heterocycles. The minimum Gasteiger partial charge on any atom is -0.393 e. The number of aromatic nitrogens is 2. The van der Waals surface area contributed by atoms with Crippen molar-refractivity contribution < 1.29 is 5.11 Å². The highest BCUT2D eigenvalue weighted by atomic mass is 16.3. The van der Waals surface area contributed by atoms with E-state index in [1.54, 1.807) is 0 Å². The zero-order valence-electron chi connectivity index (χ0n) is 12.5. The number of nitrogens with zero attached hydrogens (tertiary/aromatic N) is 3. The van der Waals surface area contributed by atoms with Crippen LogP contribution in [0.3, 0.4) is 0 Å². The quantitative estimate of drug-likeness (QED) is 0.836. The SMILES string of the molecule is CCNCc1c(C)nn(C)c1N1CCC(C(C)O)C1. The predicted molar refractivity (Wildman–Crippen MR) is 77.3 cm³/mol. The number of rotatable bonds is 5. The molecule has 5 heteroatoms. The standard InChI is InChI=1S/C14H26N4O/c1-5-15-8-13-10(2)16-17(4)14(13)18-7-6-12(9-18)11(3)19/h11-12,15,19H,5-9H2,1-4H3. The number of anilines is 1. The third-order valence-electron chi connectivity index (χ3n) is 4.07. The van der Waals surface area contributed by atoms with E-state index in [9.17, 15) is 5.11 Å². The molecule has 0 saturated carbocycles. The maximum atomic E-state index is 9.74. The number of aryl methyl sites for hydroxylation is 2. The van der Waals surface area contributed by atoms with E-state index >= 15 is 0 Å². The first-order chi connectivity index (χ1) is 9.04. The van der Waals surface area contributed by atoms with E-state index in [1.807, 2.05) is 18.7 Å². The van der Waals surface area contributed by atoms with Gasteiger partial charge in [0.1, 0.15) is 5.82 Å². The number of hydrogen-bond donors (Lipinski definition) is 2. The lowest BCUT2D eigenvalue weighted by Crippen LogP contribution is -2.27. The fourth-order valence-corrected chi connectivity index (χ4v) is 2.92. The van der Waals surface area contributed by atoms with Crippen molar-refractivity contribution >= 4 is 5.82 Å². The van der Waals surface area contributed by atoms with Crippen molar-refractivity contribution in [2.75, 3.05) is 24.5 Å². The van der Waals surface area contributed by atoms with Gasteiger partial charge in [-0.2, -0.15) is 5.10 Å². The van der Waals surface area contributed by atoms with E-state index in [4.69, 9.17) is 0 Å². The molecule has 5 nitrogen and oxygen atoms in total. The first-order valence-electron chi connectivity index (χ1n) is 7.20. The summed E-state index contributed by atoms with van der Waals surface area (Å²) >= 11 is 0. The van der Waals surface area contributed by atoms with Crippen molar-refractivity contribution in [1.82, 2.24) is 15.1 Å². The largest absolute Gasteiger partial charge is 0.393 e. The van der Waals surface area contributed by atoms with Crippen molar-refractivity contribution in [1.29, 1.82) is 0 Å². The Kier molecular flexibility index (Phi) is 4.47. The lowest BCUT2D eigenvalue weighted by atomic mass is 10.0. The highest BCUT2D eigenvalue weighted by Crippen LogP contribution is 2.29. The summed E-state index contributed by atoms with van der Waals surface area (Å²) in [5.41, 5.74) is 2.38. The number of hydrogen-bond acceptors (Lipinski definition) is 4. The molecule has 1 saturated heterocycles. The summed E-state index contributed by atoms with van der Waals surface area (Å²) in [7, 11) is 2.01. The Morgan fingerprint density at radius 2 is 2.26 bits per heavy atom. The summed E-state index contributed by atoms with van der Waals surface area (Å²) in [6.45, 7) is 9.83. The molecular formula is C14H26N4O. The van der Waals surface area contributed by atoms with E-state index < -0.39 is 0 Å². The van der Waals surface area contributed by atoms with Crippen LogP contribution in [0.25, 0.3) is 0 Å². The monoisotopic (exact) mass is 266 g/mol. The Labute approximate surface area is 115 Å². The van der Waals surface area contributed by atoms with Gasteiger partial charge < -0.3 is 15.3 Å².